The largest absolute Gasteiger partial charge is 0.467 e. The highest BCUT2D eigenvalue weighted by molar-refractivity contribution is 5.74. The first-order valence-corrected chi connectivity index (χ1v) is 5.72. The van der Waals surface area contributed by atoms with Gasteiger partial charge in [-0.3, -0.25) is 0 Å². The van der Waals surface area contributed by atoms with Gasteiger partial charge in [0.25, 0.3) is 0 Å². The van der Waals surface area contributed by atoms with Crippen LogP contribution in [0.1, 0.15) is 18.7 Å². The van der Waals surface area contributed by atoms with Crippen LogP contribution in [0, 0.1) is 0 Å². The highest BCUT2D eigenvalue weighted by Gasteiger charge is 2.10. The molecule has 1 aromatic carbocycles. The van der Waals surface area contributed by atoms with Gasteiger partial charge in [-0.05, 0) is 31.2 Å². The Bertz CT molecular complexity index is 651. The van der Waals surface area contributed by atoms with Crippen LogP contribution in [-0.4, -0.2) is 15.2 Å². The molecule has 3 rings (SSSR count). The fourth-order valence-corrected chi connectivity index (χ4v) is 1.74. The summed E-state index contributed by atoms with van der Waals surface area (Å²) in [5.74, 6) is 1.34. The van der Waals surface area contributed by atoms with Crippen LogP contribution in [0.2, 0.25) is 0 Å². The molecule has 90 valence electrons. The Morgan fingerprint density at radius 1 is 1.06 bits per heavy atom. The number of rotatable bonds is 3. The lowest BCUT2D eigenvalue weighted by Gasteiger charge is -2.10. The van der Waals surface area contributed by atoms with E-state index in [0.29, 0.717) is 5.95 Å². The van der Waals surface area contributed by atoms with Crippen molar-refractivity contribution in [2.75, 3.05) is 5.32 Å². The topological polar surface area (TPSA) is 63.8 Å². The number of para-hydroxylation sites is 1. The lowest BCUT2D eigenvalue weighted by molar-refractivity contribution is 0.489. The van der Waals surface area contributed by atoms with Crippen molar-refractivity contribution in [3.63, 3.8) is 0 Å². The van der Waals surface area contributed by atoms with Crippen molar-refractivity contribution in [3.8, 4) is 0 Å². The van der Waals surface area contributed by atoms with Gasteiger partial charge < -0.3 is 9.73 Å². The smallest absolute Gasteiger partial charge is 0.243 e. The molecular weight excluding hydrogens is 228 g/mol. The zero-order valence-electron chi connectivity index (χ0n) is 9.87. The molecule has 0 spiro atoms. The van der Waals surface area contributed by atoms with Gasteiger partial charge in [-0.1, -0.05) is 12.1 Å². The van der Waals surface area contributed by atoms with Crippen molar-refractivity contribution in [3.05, 3.63) is 48.4 Å². The number of hydrogen-bond donors (Lipinski definition) is 1. The molecule has 0 aliphatic heterocycles. The van der Waals surface area contributed by atoms with Crippen LogP contribution >= 0.6 is 0 Å². The highest BCUT2D eigenvalue weighted by atomic mass is 16.3. The van der Waals surface area contributed by atoms with Gasteiger partial charge in [0.15, 0.2) is 0 Å². The minimum Gasteiger partial charge on any atom is -0.467 e. The Morgan fingerprint density at radius 3 is 2.67 bits per heavy atom. The van der Waals surface area contributed by atoms with Crippen molar-refractivity contribution in [1.82, 2.24) is 15.2 Å². The number of fused-ring (bicyclic) bond motifs is 1. The standard InChI is InChI=1S/C13H12N4O/c1-9(12-7-4-8-18-12)14-13-15-10-5-2-3-6-11(10)16-17-13/h2-9H,1H3,(H,14,15,17). The number of furan rings is 1. The molecule has 0 amide bonds. The second-order valence-electron chi connectivity index (χ2n) is 4.01. The minimum atomic E-state index is 0.00274. The molecular formula is C13H12N4O. The predicted molar refractivity (Wildman–Crippen MR) is 68.1 cm³/mol. The fourth-order valence-electron chi connectivity index (χ4n) is 1.74. The van der Waals surface area contributed by atoms with E-state index < -0.39 is 0 Å². The van der Waals surface area contributed by atoms with E-state index in [4.69, 9.17) is 4.42 Å². The molecule has 1 unspecified atom stereocenters. The van der Waals surface area contributed by atoms with Crippen LogP contribution in [-0.2, 0) is 0 Å². The molecule has 0 saturated carbocycles. The maximum absolute atomic E-state index is 5.32. The van der Waals surface area contributed by atoms with E-state index in [-0.39, 0.29) is 6.04 Å². The van der Waals surface area contributed by atoms with Gasteiger partial charge in [0, 0.05) is 0 Å². The number of benzene rings is 1. The summed E-state index contributed by atoms with van der Waals surface area (Å²) in [7, 11) is 0. The summed E-state index contributed by atoms with van der Waals surface area (Å²) in [6.07, 6.45) is 1.65. The minimum absolute atomic E-state index is 0.00274. The molecule has 0 bridgehead atoms. The fraction of sp³-hybridized carbons (Fsp3) is 0.154. The maximum atomic E-state index is 5.32. The van der Waals surface area contributed by atoms with Crippen molar-refractivity contribution >= 4 is 17.0 Å². The molecule has 0 aliphatic rings. The van der Waals surface area contributed by atoms with E-state index in [2.05, 4.69) is 20.5 Å². The summed E-state index contributed by atoms with van der Waals surface area (Å²) in [6, 6.07) is 11.4. The molecule has 2 heterocycles. The monoisotopic (exact) mass is 240 g/mol. The zero-order chi connectivity index (χ0) is 12.4. The number of aromatic nitrogens is 3. The van der Waals surface area contributed by atoms with Crippen LogP contribution in [0.25, 0.3) is 11.0 Å². The van der Waals surface area contributed by atoms with Gasteiger partial charge >= 0.3 is 0 Å². The van der Waals surface area contributed by atoms with Gasteiger partial charge in [-0.25, -0.2) is 4.98 Å². The van der Waals surface area contributed by atoms with Crippen molar-refractivity contribution < 1.29 is 4.42 Å². The highest BCUT2D eigenvalue weighted by Crippen LogP contribution is 2.17. The summed E-state index contributed by atoms with van der Waals surface area (Å²) in [6.45, 7) is 1.98. The number of hydrogen-bond acceptors (Lipinski definition) is 5. The first kappa shape index (κ1) is 10.7. The molecule has 3 aromatic rings. The lowest BCUT2D eigenvalue weighted by Crippen LogP contribution is -2.09. The summed E-state index contributed by atoms with van der Waals surface area (Å²) in [5.41, 5.74) is 1.61. The number of nitrogens with zero attached hydrogens (tertiary/aromatic N) is 3. The molecule has 2 aromatic heterocycles. The second kappa shape index (κ2) is 4.44. The van der Waals surface area contributed by atoms with Gasteiger partial charge in [0.2, 0.25) is 5.95 Å². The van der Waals surface area contributed by atoms with Gasteiger partial charge in [-0.15, -0.1) is 10.2 Å². The molecule has 0 saturated heterocycles. The first-order chi connectivity index (χ1) is 8.83. The third kappa shape index (κ3) is 2.02. The Balaban J connectivity index is 1.86. The first-order valence-electron chi connectivity index (χ1n) is 5.72. The molecule has 18 heavy (non-hydrogen) atoms. The van der Waals surface area contributed by atoms with Crippen LogP contribution in [0.5, 0.6) is 0 Å². The van der Waals surface area contributed by atoms with Crippen LogP contribution in [0.15, 0.2) is 47.1 Å². The van der Waals surface area contributed by atoms with Gasteiger partial charge in [-0.2, -0.15) is 0 Å². The summed E-state index contributed by atoms with van der Waals surface area (Å²) in [5, 5.41) is 11.3. The zero-order valence-corrected chi connectivity index (χ0v) is 9.87. The third-order valence-electron chi connectivity index (χ3n) is 2.68. The quantitative estimate of drug-likeness (QED) is 0.762. The Hall–Kier alpha value is -2.43. The van der Waals surface area contributed by atoms with Gasteiger partial charge in [0.05, 0.1) is 17.8 Å². The molecule has 5 heteroatoms. The number of nitrogens with one attached hydrogen (secondary N) is 1. The van der Waals surface area contributed by atoms with E-state index in [1.807, 2.05) is 43.3 Å². The van der Waals surface area contributed by atoms with E-state index in [1.54, 1.807) is 6.26 Å². The van der Waals surface area contributed by atoms with Crippen LogP contribution in [0.3, 0.4) is 0 Å². The van der Waals surface area contributed by atoms with Crippen molar-refractivity contribution in [2.45, 2.75) is 13.0 Å². The Morgan fingerprint density at radius 2 is 1.89 bits per heavy atom. The Kier molecular flexibility index (Phi) is 2.64. The van der Waals surface area contributed by atoms with E-state index >= 15 is 0 Å². The van der Waals surface area contributed by atoms with Crippen molar-refractivity contribution in [1.29, 1.82) is 0 Å². The third-order valence-corrected chi connectivity index (χ3v) is 2.68. The summed E-state index contributed by atoms with van der Waals surface area (Å²) in [4.78, 5) is 4.40. The maximum Gasteiger partial charge on any atom is 0.243 e. The molecule has 5 nitrogen and oxygen atoms in total. The van der Waals surface area contributed by atoms with Crippen LogP contribution in [0.4, 0.5) is 5.95 Å². The average Bonchev–Trinajstić information content (AvgIpc) is 2.92. The Labute approximate surface area is 104 Å². The number of anilines is 1. The van der Waals surface area contributed by atoms with E-state index in [0.717, 1.165) is 16.8 Å². The molecule has 1 N–H and O–H groups in total. The average molecular weight is 240 g/mol. The lowest BCUT2D eigenvalue weighted by atomic mass is 10.2. The molecule has 0 aliphatic carbocycles. The predicted octanol–water partition coefficient (Wildman–Crippen LogP) is 2.79. The molecule has 0 fully saturated rings. The second-order valence-corrected chi connectivity index (χ2v) is 4.01. The van der Waals surface area contributed by atoms with E-state index in [9.17, 15) is 0 Å². The molecule has 0 radical (unpaired) electrons. The van der Waals surface area contributed by atoms with Crippen LogP contribution < -0.4 is 5.32 Å². The van der Waals surface area contributed by atoms with Crippen molar-refractivity contribution in [2.24, 2.45) is 0 Å². The summed E-state index contributed by atoms with van der Waals surface area (Å²) < 4.78 is 5.32. The summed E-state index contributed by atoms with van der Waals surface area (Å²) >= 11 is 0. The molecule has 1 atom stereocenters. The SMILES string of the molecule is CC(Nc1nnc2ccccc2n1)c1ccco1. The normalized spacial score (nSPS) is 12.5. The van der Waals surface area contributed by atoms with E-state index in [1.165, 1.54) is 0 Å². The van der Waals surface area contributed by atoms with Gasteiger partial charge in [0.1, 0.15) is 11.3 Å².